The van der Waals surface area contributed by atoms with Crippen LogP contribution in [0.2, 0.25) is 0 Å². The van der Waals surface area contributed by atoms with E-state index in [-0.39, 0.29) is 17.9 Å². The van der Waals surface area contributed by atoms with E-state index >= 15 is 0 Å². The molecule has 1 saturated heterocycles. The minimum Gasteiger partial charge on any atom is -0.399 e. The number of carbonyl (C=O) groups excluding carboxylic acids is 2. The predicted octanol–water partition coefficient (Wildman–Crippen LogP) is 0.758. The number of carbonyl (C=O) groups is 2. The Labute approximate surface area is 115 Å². The largest absolute Gasteiger partial charge is 0.399 e. The smallest absolute Gasteiger partial charge is 0.253 e. The first-order chi connectivity index (χ1) is 9.63. The molecule has 104 valence electrons. The molecule has 6 nitrogen and oxygen atoms in total. The Balaban J connectivity index is 1.78. The van der Waals surface area contributed by atoms with Gasteiger partial charge in [0.2, 0.25) is 5.91 Å². The van der Waals surface area contributed by atoms with E-state index in [4.69, 9.17) is 5.73 Å². The topological polar surface area (TPSA) is 100 Å². The number of nitrogens with two attached hydrogens (primary N) is 1. The zero-order valence-electron chi connectivity index (χ0n) is 10.9. The molecule has 2 aromatic rings. The highest BCUT2D eigenvalue weighted by atomic mass is 16.2. The Morgan fingerprint density at radius 1 is 1.40 bits per heavy atom. The molecule has 0 aliphatic carbocycles. The third kappa shape index (κ3) is 2.32. The summed E-state index contributed by atoms with van der Waals surface area (Å²) < 4.78 is 0. The molecule has 1 atom stereocenters. The molecular weight excluding hydrogens is 256 g/mol. The molecule has 0 bridgehead atoms. The summed E-state index contributed by atoms with van der Waals surface area (Å²) in [5, 5.41) is 6.49. The SMILES string of the molecule is Nc1ccc2[nH]cc(C(=O)NC3CCC(=O)NC3)c2c1. The highest BCUT2D eigenvalue weighted by Crippen LogP contribution is 2.21. The zero-order valence-corrected chi connectivity index (χ0v) is 10.9. The number of H-pyrrole nitrogens is 1. The number of hydrogen-bond acceptors (Lipinski definition) is 3. The van der Waals surface area contributed by atoms with Gasteiger partial charge >= 0.3 is 0 Å². The lowest BCUT2D eigenvalue weighted by molar-refractivity contribution is -0.122. The van der Waals surface area contributed by atoms with Gasteiger partial charge in [-0.3, -0.25) is 9.59 Å². The van der Waals surface area contributed by atoms with Crippen LogP contribution in [0.1, 0.15) is 23.2 Å². The van der Waals surface area contributed by atoms with Crippen LogP contribution in [0.15, 0.2) is 24.4 Å². The van der Waals surface area contributed by atoms with Crippen LogP contribution in [0.4, 0.5) is 5.69 Å². The van der Waals surface area contributed by atoms with E-state index in [2.05, 4.69) is 15.6 Å². The van der Waals surface area contributed by atoms with E-state index in [1.807, 2.05) is 6.07 Å². The van der Waals surface area contributed by atoms with Crippen LogP contribution in [0.3, 0.4) is 0 Å². The van der Waals surface area contributed by atoms with Gasteiger partial charge in [-0.15, -0.1) is 0 Å². The molecule has 2 amide bonds. The summed E-state index contributed by atoms with van der Waals surface area (Å²) >= 11 is 0. The first-order valence-corrected chi connectivity index (χ1v) is 6.57. The minimum atomic E-state index is -0.150. The molecule has 0 saturated carbocycles. The number of amides is 2. The van der Waals surface area contributed by atoms with E-state index in [1.165, 1.54) is 0 Å². The van der Waals surface area contributed by atoms with Gasteiger partial charge < -0.3 is 21.4 Å². The second-order valence-corrected chi connectivity index (χ2v) is 5.02. The van der Waals surface area contributed by atoms with Gasteiger partial charge in [-0.2, -0.15) is 0 Å². The fraction of sp³-hybridized carbons (Fsp3) is 0.286. The van der Waals surface area contributed by atoms with Crippen molar-refractivity contribution in [1.29, 1.82) is 0 Å². The average molecular weight is 272 g/mol. The minimum absolute atomic E-state index is 0.0220. The molecular formula is C14H16N4O2. The van der Waals surface area contributed by atoms with Gasteiger partial charge in [-0.1, -0.05) is 0 Å². The van der Waals surface area contributed by atoms with Crippen molar-refractivity contribution in [3.05, 3.63) is 30.0 Å². The lowest BCUT2D eigenvalue weighted by atomic mass is 10.1. The number of nitrogen functional groups attached to an aromatic ring is 1. The fourth-order valence-electron chi connectivity index (χ4n) is 2.45. The number of nitrogens with one attached hydrogen (secondary N) is 3. The number of fused-ring (bicyclic) bond motifs is 1. The first kappa shape index (κ1) is 12.5. The number of rotatable bonds is 2. The Hall–Kier alpha value is -2.50. The number of aromatic amines is 1. The standard InChI is InChI=1S/C14H16N4O2/c15-8-1-3-12-10(5-8)11(7-16-12)14(20)18-9-2-4-13(19)17-6-9/h1,3,5,7,9,16H,2,4,6,15H2,(H,17,19)(H,18,20). The number of piperidine rings is 1. The number of anilines is 1. The fourth-order valence-corrected chi connectivity index (χ4v) is 2.45. The summed E-state index contributed by atoms with van der Waals surface area (Å²) in [4.78, 5) is 26.4. The van der Waals surface area contributed by atoms with Gasteiger partial charge in [-0.25, -0.2) is 0 Å². The first-order valence-electron chi connectivity index (χ1n) is 6.57. The summed E-state index contributed by atoms with van der Waals surface area (Å²) in [6.45, 7) is 0.481. The molecule has 1 aromatic heterocycles. The van der Waals surface area contributed by atoms with Gasteiger partial charge in [0.15, 0.2) is 0 Å². The van der Waals surface area contributed by atoms with Crippen molar-refractivity contribution in [1.82, 2.24) is 15.6 Å². The summed E-state index contributed by atoms with van der Waals surface area (Å²) in [6.07, 6.45) is 2.80. The maximum Gasteiger partial charge on any atom is 0.253 e. The molecule has 0 radical (unpaired) electrons. The maximum absolute atomic E-state index is 12.3. The Bertz CT molecular complexity index is 667. The molecule has 20 heavy (non-hydrogen) atoms. The summed E-state index contributed by atoms with van der Waals surface area (Å²) in [7, 11) is 0. The molecule has 1 fully saturated rings. The Morgan fingerprint density at radius 2 is 2.25 bits per heavy atom. The van der Waals surface area contributed by atoms with Crippen LogP contribution in [0.5, 0.6) is 0 Å². The maximum atomic E-state index is 12.3. The van der Waals surface area contributed by atoms with Crippen LogP contribution in [0, 0.1) is 0 Å². The van der Waals surface area contributed by atoms with Crippen LogP contribution in [0.25, 0.3) is 10.9 Å². The molecule has 6 heteroatoms. The normalized spacial score (nSPS) is 18.8. The highest BCUT2D eigenvalue weighted by molar-refractivity contribution is 6.07. The van der Waals surface area contributed by atoms with E-state index in [9.17, 15) is 9.59 Å². The lowest BCUT2D eigenvalue weighted by Crippen LogP contribution is -2.47. The van der Waals surface area contributed by atoms with Crippen LogP contribution in [-0.2, 0) is 4.79 Å². The van der Waals surface area contributed by atoms with Crippen molar-refractivity contribution < 1.29 is 9.59 Å². The number of benzene rings is 1. The predicted molar refractivity (Wildman–Crippen MR) is 76.2 cm³/mol. The Morgan fingerprint density at radius 3 is 3.00 bits per heavy atom. The number of hydrogen-bond donors (Lipinski definition) is 4. The molecule has 2 heterocycles. The lowest BCUT2D eigenvalue weighted by Gasteiger charge is -2.23. The summed E-state index contributed by atoms with van der Waals surface area (Å²) in [5.41, 5.74) is 7.83. The van der Waals surface area contributed by atoms with Gasteiger partial charge in [-0.05, 0) is 24.6 Å². The molecule has 1 aromatic carbocycles. The molecule has 5 N–H and O–H groups in total. The zero-order chi connectivity index (χ0) is 14.1. The van der Waals surface area contributed by atoms with Crippen molar-refractivity contribution in [3.8, 4) is 0 Å². The molecule has 0 spiro atoms. The second-order valence-electron chi connectivity index (χ2n) is 5.02. The summed E-state index contributed by atoms with van der Waals surface area (Å²) in [5.74, 6) is -0.113. The third-order valence-corrected chi connectivity index (χ3v) is 3.55. The third-order valence-electron chi connectivity index (χ3n) is 3.55. The van der Waals surface area contributed by atoms with Crippen molar-refractivity contribution >= 4 is 28.4 Å². The number of aromatic nitrogens is 1. The monoisotopic (exact) mass is 272 g/mol. The van der Waals surface area contributed by atoms with Crippen molar-refractivity contribution in [3.63, 3.8) is 0 Å². The van der Waals surface area contributed by atoms with E-state index in [1.54, 1.807) is 18.3 Å². The van der Waals surface area contributed by atoms with E-state index in [0.29, 0.717) is 30.6 Å². The quantitative estimate of drug-likeness (QED) is 0.607. The molecule has 1 aliphatic rings. The molecule has 1 unspecified atom stereocenters. The van der Waals surface area contributed by atoms with Crippen LogP contribution >= 0.6 is 0 Å². The molecule has 1 aliphatic heterocycles. The molecule has 3 rings (SSSR count). The van der Waals surface area contributed by atoms with E-state index in [0.717, 1.165) is 10.9 Å². The van der Waals surface area contributed by atoms with Crippen molar-refractivity contribution in [2.45, 2.75) is 18.9 Å². The van der Waals surface area contributed by atoms with Gasteiger partial charge in [0.05, 0.1) is 5.56 Å². The van der Waals surface area contributed by atoms with Crippen LogP contribution < -0.4 is 16.4 Å². The van der Waals surface area contributed by atoms with Gasteiger partial charge in [0.25, 0.3) is 5.91 Å². The Kier molecular flexibility index (Phi) is 3.06. The van der Waals surface area contributed by atoms with Crippen molar-refractivity contribution in [2.24, 2.45) is 0 Å². The second kappa shape index (κ2) is 4.88. The average Bonchev–Trinajstić information content (AvgIpc) is 2.84. The summed E-state index contributed by atoms with van der Waals surface area (Å²) in [6, 6.07) is 5.40. The van der Waals surface area contributed by atoms with E-state index < -0.39 is 0 Å². The highest BCUT2D eigenvalue weighted by Gasteiger charge is 2.21. The van der Waals surface area contributed by atoms with Gasteiger partial charge in [0.1, 0.15) is 0 Å². The van der Waals surface area contributed by atoms with Crippen LogP contribution in [-0.4, -0.2) is 29.4 Å². The van der Waals surface area contributed by atoms with Gasteiger partial charge in [0, 0.05) is 41.8 Å². The van der Waals surface area contributed by atoms with Crippen molar-refractivity contribution in [2.75, 3.05) is 12.3 Å².